The normalized spacial score (nSPS) is 10.8. The number of hydrogen-bond acceptors (Lipinski definition) is 5. The summed E-state index contributed by atoms with van der Waals surface area (Å²) in [7, 11) is 1.59. The van der Waals surface area contributed by atoms with E-state index >= 15 is 0 Å². The summed E-state index contributed by atoms with van der Waals surface area (Å²) in [5.74, 6) is 1.36. The second-order valence-corrected chi connectivity index (χ2v) is 5.59. The molecule has 0 spiro atoms. The molecule has 7 heteroatoms. The highest BCUT2D eigenvalue weighted by Crippen LogP contribution is 2.24. The number of aromatic nitrogens is 3. The summed E-state index contributed by atoms with van der Waals surface area (Å²) < 4.78 is 12.0. The molecule has 0 aliphatic heterocycles. The van der Waals surface area contributed by atoms with E-state index in [1.807, 2.05) is 32.0 Å². The van der Waals surface area contributed by atoms with Gasteiger partial charge >= 0.3 is 6.01 Å². The van der Waals surface area contributed by atoms with Crippen LogP contribution in [0.4, 0.5) is 0 Å². The van der Waals surface area contributed by atoms with Crippen molar-refractivity contribution in [2.45, 2.75) is 32.8 Å². The molecule has 2 aromatic rings. The highest BCUT2D eigenvalue weighted by atomic mass is 35.5. The number of carbonyl (C=O) groups is 1. The van der Waals surface area contributed by atoms with Gasteiger partial charge in [0.25, 0.3) is 0 Å². The molecule has 0 radical (unpaired) electrons. The Kier molecular flexibility index (Phi) is 5.98. The van der Waals surface area contributed by atoms with Gasteiger partial charge < -0.3 is 9.47 Å². The fourth-order valence-electron chi connectivity index (χ4n) is 2.00. The van der Waals surface area contributed by atoms with E-state index in [0.717, 1.165) is 5.56 Å². The maximum atomic E-state index is 12.4. The van der Waals surface area contributed by atoms with E-state index in [0.29, 0.717) is 30.3 Å². The lowest BCUT2D eigenvalue weighted by Gasteiger charge is -2.05. The molecular weight excluding hydrogens is 318 g/mol. The molecular formula is C16H20ClN3O3. The van der Waals surface area contributed by atoms with Crippen molar-refractivity contribution >= 4 is 17.5 Å². The van der Waals surface area contributed by atoms with Crippen LogP contribution in [0.5, 0.6) is 11.8 Å². The molecule has 0 unspecified atom stereocenters. The third-order valence-corrected chi connectivity index (χ3v) is 3.28. The maximum Gasteiger partial charge on any atom is 0.336 e. The lowest BCUT2D eigenvalue weighted by molar-refractivity contribution is 0.0884. The van der Waals surface area contributed by atoms with Crippen LogP contribution < -0.4 is 9.47 Å². The van der Waals surface area contributed by atoms with Crippen LogP contribution >= 0.6 is 11.6 Å². The van der Waals surface area contributed by atoms with Gasteiger partial charge in [-0.05, 0) is 32.4 Å². The van der Waals surface area contributed by atoms with Crippen molar-refractivity contribution in [3.8, 4) is 23.1 Å². The summed E-state index contributed by atoms with van der Waals surface area (Å²) in [6.07, 6.45) is 0.797. The first kappa shape index (κ1) is 17.3. The van der Waals surface area contributed by atoms with Crippen molar-refractivity contribution in [3.05, 3.63) is 24.3 Å². The lowest BCUT2D eigenvalue weighted by atomic mass is 10.2. The molecule has 0 atom stereocenters. The number of hydrogen-bond donors (Lipinski definition) is 0. The average Bonchev–Trinajstić information content (AvgIpc) is 2.95. The zero-order chi connectivity index (χ0) is 16.8. The maximum absolute atomic E-state index is 12.4. The lowest BCUT2D eigenvalue weighted by Crippen LogP contribution is -2.14. The van der Waals surface area contributed by atoms with Crippen LogP contribution in [0.25, 0.3) is 11.4 Å². The molecule has 23 heavy (non-hydrogen) atoms. The number of rotatable bonds is 7. The van der Waals surface area contributed by atoms with Gasteiger partial charge in [-0.2, -0.15) is 9.67 Å². The molecule has 0 saturated heterocycles. The number of methoxy groups -OCH3 is 1. The summed E-state index contributed by atoms with van der Waals surface area (Å²) in [6.45, 7) is 3.75. The van der Waals surface area contributed by atoms with Gasteiger partial charge in [-0.25, -0.2) is 0 Å². The Morgan fingerprint density at radius 2 is 2.17 bits per heavy atom. The smallest absolute Gasteiger partial charge is 0.336 e. The molecule has 1 aromatic carbocycles. The number of halogens is 1. The van der Waals surface area contributed by atoms with Gasteiger partial charge in [-0.3, -0.25) is 4.79 Å². The Morgan fingerprint density at radius 3 is 2.83 bits per heavy atom. The molecule has 2 rings (SSSR count). The van der Waals surface area contributed by atoms with Gasteiger partial charge in [0.05, 0.1) is 13.2 Å². The van der Waals surface area contributed by atoms with Crippen LogP contribution in [0.15, 0.2) is 24.3 Å². The molecule has 6 nitrogen and oxygen atoms in total. The van der Waals surface area contributed by atoms with Gasteiger partial charge in [0.15, 0.2) is 5.82 Å². The number of ether oxygens (including phenoxy) is 2. The van der Waals surface area contributed by atoms with E-state index in [9.17, 15) is 4.79 Å². The minimum absolute atomic E-state index is 0.0815. The summed E-state index contributed by atoms with van der Waals surface area (Å²) in [5, 5.41) is 4.18. The third kappa shape index (κ3) is 4.45. The topological polar surface area (TPSA) is 66.2 Å². The first-order valence-corrected chi connectivity index (χ1v) is 7.96. The molecule has 124 valence electrons. The SMILES string of the molecule is COc1cccc(-c2nc(OC(C)C)nn2C(=O)CCCCl)c1. The van der Waals surface area contributed by atoms with Crippen molar-refractivity contribution in [1.29, 1.82) is 0 Å². The Hall–Kier alpha value is -2.08. The van der Waals surface area contributed by atoms with E-state index in [4.69, 9.17) is 21.1 Å². The average molecular weight is 338 g/mol. The van der Waals surface area contributed by atoms with Crippen molar-refractivity contribution in [2.24, 2.45) is 0 Å². The van der Waals surface area contributed by atoms with Gasteiger partial charge in [-0.15, -0.1) is 16.7 Å². The number of nitrogens with zero attached hydrogens (tertiary/aromatic N) is 3. The van der Waals surface area contributed by atoms with Crippen LogP contribution in [0, 0.1) is 0 Å². The monoisotopic (exact) mass is 337 g/mol. The van der Waals surface area contributed by atoms with Crippen LogP contribution in [-0.4, -0.2) is 39.8 Å². The van der Waals surface area contributed by atoms with E-state index < -0.39 is 0 Å². The largest absolute Gasteiger partial charge is 0.497 e. The summed E-state index contributed by atoms with van der Waals surface area (Å²) in [4.78, 5) is 16.7. The van der Waals surface area contributed by atoms with E-state index in [1.54, 1.807) is 13.2 Å². The zero-order valence-electron chi connectivity index (χ0n) is 13.5. The molecule has 0 N–H and O–H groups in total. The zero-order valence-corrected chi connectivity index (χ0v) is 14.2. The fourth-order valence-corrected chi connectivity index (χ4v) is 2.13. The molecule has 0 saturated carbocycles. The highest BCUT2D eigenvalue weighted by Gasteiger charge is 2.19. The summed E-state index contributed by atoms with van der Waals surface area (Å²) >= 11 is 5.66. The van der Waals surface area contributed by atoms with Crippen LogP contribution in [-0.2, 0) is 0 Å². The van der Waals surface area contributed by atoms with Gasteiger partial charge in [0.1, 0.15) is 5.75 Å². The van der Waals surface area contributed by atoms with Crippen molar-refractivity contribution < 1.29 is 14.3 Å². The van der Waals surface area contributed by atoms with Crippen molar-refractivity contribution in [3.63, 3.8) is 0 Å². The second-order valence-electron chi connectivity index (χ2n) is 5.21. The van der Waals surface area contributed by atoms with Crippen molar-refractivity contribution in [1.82, 2.24) is 14.8 Å². The van der Waals surface area contributed by atoms with E-state index in [1.165, 1.54) is 4.68 Å². The fraction of sp³-hybridized carbons (Fsp3) is 0.438. The summed E-state index contributed by atoms with van der Waals surface area (Å²) in [5.41, 5.74) is 0.731. The van der Waals surface area contributed by atoms with Crippen LogP contribution in [0.2, 0.25) is 0 Å². The minimum Gasteiger partial charge on any atom is -0.497 e. The number of alkyl halides is 1. The minimum atomic E-state index is -0.172. The molecule has 0 aliphatic carbocycles. The molecule has 0 bridgehead atoms. The molecule has 1 heterocycles. The number of benzene rings is 1. The van der Waals surface area contributed by atoms with Crippen LogP contribution in [0.3, 0.4) is 0 Å². The van der Waals surface area contributed by atoms with Gasteiger partial charge in [0, 0.05) is 17.9 Å². The quantitative estimate of drug-likeness (QED) is 0.724. The van der Waals surface area contributed by atoms with Gasteiger partial charge in [-0.1, -0.05) is 12.1 Å². The van der Waals surface area contributed by atoms with Crippen molar-refractivity contribution in [2.75, 3.05) is 13.0 Å². The Labute approximate surface area is 140 Å². The first-order chi connectivity index (χ1) is 11.0. The highest BCUT2D eigenvalue weighted by molar-refractivity contribution is 6.17. The first-order valence-electron chi connectivity index (χ1n) is 7.42. The second kappa shape index (κ2) is 7.97. The molecule has 0 amide bonds. The van der Waals surface area contributed by atoms with Crippen LogP contribution in [0.1, 0.15) is 31.5 Å². The summed E-state index contributed by atoms with van der Waals surface area (Å²) in [6, 6.07) is 7.48. The standard InChI is InChI=1S/C16H20ClN3O3/c1-11(2)23-16-18-15(12-6-4-7-13(10-12)22-3)20(19-16)14(21)8-5-9-17/h4,6-7,10-11H,5,8-9H2,1-3H3. The predicted molar refractivity (Wildman–Crippen MR) is 88.4 cm³/mol. The van der Waals surface area contributed by atoms with Gasteiger partial charge in [0.2, 0.25) is 5.91 Å². The Balaban J connectivity index is 2.42. The third-order valence-electron chi connectivity index (χ3n) is 3.02. The van der Waals surface area contributed by atoms with E-state index in [2.05, 4.69) is 10.1 Å². The molecule has 0 fully saturated rings. The molecule has 0 aliphatic rings. The Bertz CT molecular complexity index is 670. The van der Waals surface area contributed by atoms with E-state index in [-0.39, 0.29) is 18.0 Å². The molecule has 1 aromatic heterocycles. The number of carbonyl (C=O) groups excluding carboxylic acids is 1. The Morgan fingerprint density at radius 1 is 1.39 bits per heavy atom. The predicted octanol–water partition coefficient (Wildman–Crippen LogP) is 3.40.